The second-order valence-corrected chi connectivity index (χ2v) is 5.36. The van der Waals surface area contributed by atoms with Crippen molar-refractivity contribution in [2.24, 2.45) is 0 Å². The normalized spacial score (nSPS) is 10.9. The van der Waals surface area contributed by atoms with Crippen LogP contribution in [0.3, 0.4) is 0 Å². The summed E-state index contributed by atoms with van der Waals surface area (Å²) in [6.07, 6.45) is 0.157. The zero-order valence-corrected chi connectivity index (χ0v) is 12.9. The van der Waals surface area contributed by atoms with E-state index in [-0.39, 0.29) is 18.1 Å². The molecule has 4 nitrogen and oxygen atoms in total. The molecule has 23 heavy (non-hydrogen) atoms. The van der Waals surface area contributed by atoms with Crippen LogP contribution in [0.25, 0.3) is 10.9 Å². The van der Waals surface area contributed by atoms with Gasteiger partial charge in [-0.25, -0.2) is 4.39 Å². The number of para-hydroxylation sites is 1. The molecule has 1 N–H and O–H groups in total. The lowest BCUT2D eigenvalue weighted by atomic mass is 10.1. The predicted molar refractivity (Wildman–Crippen MR) is 87.4 cm³/mol. The predicted octanol–water partition coefficient (Wildman–Crippen LogP) is 3.05. The first-order valence-corrected chi connectivity index (χ1v) is 7.63. The van der Waals surface area contributed by atoms with Gasteiger partial charge in [0.1, 0.15) is 5.82 Å². The van der Waals surface area contributed by atoms with Gasteiger partial charge in [0.2, 0.25) is 5.91 Å². The Balaban J connectivity index is 1.70. The largest absolute Gasteiger partial charge is 0.350 e. The second-order valence-electron chi connectivity index (χ2n) is 5.36. The zero-order valence-electron chi connectivity index (χ0n) is 12.9. The van der Waals surface area contributed by atoms with Gasteiger partial charge in [0.15, 0.2) is 0 Å². The quantitative estimate of drug-likeness (QED) is 0.787. The topological polar surface area (TPSA) is 46.9 Å². The van der Waals surface area contributed by atoms with Crippen molar-refractivity contribution < 1.29 is 9.18 Å². The minimum absolute atomic E-state index is 0.147. The molecule has 0 aliphatic rings. The minimum Gasteiger partial charge on any atom is -0.350 e. The number of benzene rings is 2. The molecule has 0 saturated carbocycles. The highest BCUT2D eigenvalue weighted by atomic mass is 19.1. The van der Waals surface area contributed by atoms with Gasteiger partial charge in [0, 0.05) is 11.9 Å². The zero-order chi connectivity index (χ0) is 16.2. The lowest BCUT2D eigenvalue weighted by Crippen LogP contribution is -2.25. The number of carbonyl (C=O) groups excluding carboxylic acids is 1. The van der Waals surface area contributed by atoms with E-state index in [0.717, 1.165) is 23.1 Å². The molecule has 5 heteroatoms. The van der Waals surface area contributed by atoms with Gasteiger partial charge in [-0.05, 0) is 30.7 Å². The van der Waals surface area contributed by atoms with Crippen molar-refractivity contribution in [3.8, 4) is 0 Å². The number of carbonyl (C=O) groups is 1. The highest BCUT2D eigenvalue weighted by molar-refractivity contribution is 5.83. The van der Waals surface area contributed by atoms with Gasteiger partial charge < -0.3 is 5.32 Å². The summed E-state index contributed by atoms with van der Waals surface area (Å²) in [6.45, 7) is 3.17. The molecule has 0 bridgehead atoms. The summed E-state index contributed by atoms with van der Waals surface area (Å²) < 4.78 is 15.1. The maximum absolute atomic E-state index is 13.1. The van der Waals surface area contributed by atoms with Crippen LogP contribution in [-0.2, 0) is 24.3 Å². The Hall–Kier alpha value is -2.69. The van der Waals surface area contributed by atoms with Gasteiger partial charge in [0.25, 0.3) is 0 Å². The molecular weight excluding hydrogens is 293 g/mol. The van der Waals surface area contributed by atoms with Crippen molar-refractivity contribution in [2.75, 3.05) is 0 Å². The fraction of sp³-hybridized carbons (Fsp3) is 0.222. The molecule has 1 aromatic heterocycles. The monoisotopic (exact) mass is 311 g/mol. The van der Waals surface area contributed by atoms with E-state index in [1.165, 1.54) is 12.1 Å². The summed E-state index contributed by atoms with van der Waals surface area (Å²) in [7, 11) is 0. The fourth-order valence-corrected chi connectivity index (χ4v) is 2.64. The van der Waals surface area contributed by atoms with Crippen molar-refractivity contribution in [1.82, 2.24) is 15.1 Å². The number of amides is 1. The van der Waals surface area contributed by atoms with Crippen molar-refractivity contribution in [2.45, 2.75) is 26.4 Å². The van der Waals surface area contributed by atoms with Crippen LogP contribution in [0, 0.1) is 5.82 Å². The molecule has 0 spiro atoms. The average molecular weight is 311 g/mol. The van der Waals surface area contributed by atoms with Gasteiger partial charge >= 0.3 is 0 Å². The van der Waals surface area contributed by atoms with E-state index in [2.05, 4.69) is 10.4 Å². The number of fused-ring (bicyclic) bond motifs is 1. The van der Waals surface area contributed by atoms with Crippen LogP contribution in [0.2, 0.25) is 0 Å². The molecule has 1 heterocycles. The highest BCUT2D eigenvalue weighted by Gasteiger charge is 2.10. The smallest absolute Gasteiger partial charge is 0.224 e. The average Bonchev–Trinajstić information content (AvgIpc) is 2.91. The van der Waals surface area contributed by atoms with E-state index in [9.17, 15) is 9.18 Å². The minimum atomic E-state index is -0.331. The Labute approximate surface area is 133 Å². The van der Waals surface area contributed by atoms with Crippen molar-refractivity contribution in [3.05, 3.63) is 65.6 Å². The number of halogens is 1. The third kappa shape index (κ3) is 3.39. The van der Waals surface area contributed by atoms with Crippen molar-refractivity contribution >= 4 is 16.8 Å². The van der Waals surface area contributed by atoms with Gasteiger partial charge in [-0.15, -0.1) is 0 Å². The highest BCUT2D eigenvalue weighted by Crippen LogP contribution is 2.18. The number of rotatable bonds is 5. The summed E-state index contributed by atoms with van der Waals surface area (Å²) in [6, 6.07) is 14.0. The van der Waals surface area contributed by atoms with Gasteiger partial charge in [-0.3, -0.25) is 9.48 Å². The lowest BCUT2D eigenvalue weighted by molar-refractivity contribution is -0.120. The second kappa shape index (κ2) is 6.60. The molecule has 1 amide bonds. The molecule has 3 rings (SSSR count). The molecule has 118 valence electrons. The lowest BCUT2D eigenvalue weighted by Gasteiger charge is -2.04. The third-order valence-electron chi connectivity index (χ3n) is 3.74. The van der Waals surface area contributed by atoms with Crippen LogP contribution >= 0.6 is 0 Å². The molecule has 2 aromatic carbocycles. The first-order valence-electron chi connectivity index (χ1n) is 7.63. The Bertz CT molecular complexity index is 841. The maximum Gasteiger partial charge on any atom is 0.224 e. The molecule has 3 aromatic rings. The van der Waals surface area contributed by atoms with Crippen LogP contribution in [0.5, 0.6) is 0 Å². The number of nitrogens with zero attached hydrogens (tertiary/aromatic N) is 2. The molecule has 0 atom stereocenters. The van der Waals surface area contributed by atoms with E-state index >= 15 is 0 Å². The third-order valence-corrected chi connectivity index (χ3v) is 3.74. The van der Waals surface area contributed by atoms with E-state index in [1.54, 1.807) is 12.1 Å². The Morgan fingerprint density at radius 3 is 2.83 bits per heavy atom. The van der Waals surface area contributed by atoms with E-state index < -0.39 is 0 Å². The molecule has 0 aliphatic carbocycles. The van der Waals surface area contributed by atoms with Crippen LogP contribution in [-0.4, -0.2) is 15.7 Å². The van der Waals surface area contributed by atoms with Crippen LogP contribution in [0.4, 0.5) is 4.39 Å². The summed E-state index contributed by atoms with van der Waals surface area (Å²) in [5.41, 5.74) is 2.56. The number of nitrogens with one attached hydrogen (secondary N) is 1. The molecule has 0 aliphatic heterocycles. The Morgan fingerprint density at radius 2 is 2.04 bits per heavy atom. The van der Waals surface area contributed by atoms with Crippen LogP contribution in [0.15, 0.2) is 48.5 Å². The number of hydrogen-bond acceptors (Lipinski definition) is 2. The number of hydrogen-bond donors (Lipinski definition) is 1. The summed E-state index contributed by atoms with van der Waals surface area (Å²) in [4.78, 5) is 12.0. The number of aromatic nitrogens is 2. The summed E-state index contributed by atoms with van der Waals surface area (Å²) >= 11 is 0. The Morgan fingerprint density at radius 1 is 1.22 bits per heavy atom. The molecular formula is C18H18FN3O. The number of aryl methyl sites for hydroxylation is 1. The van der Waals surface area contributed by atoms with Crippen LogP contribution in [0.1, 0.15) is 18.2 Å². The van der Waals surface area contributed by atoms with Crippen LogP contribution < -0.4 is 5.32 Å². The fourth-order valence-electron chi connectivity index (χ4n) is 2.64. The maximum atomic E-state index is 13.1. The molecule has 0 saturated heterocycles. The first kappa shape index (κ1) is 15.2. The molecule has 0 unspecified atom stereocenters. The Kier molecular flexibility index (Phi) is 4.37. The molecule has 0 fully saturated rings. The summed E-state index contributed by atoms with van der Waals surface area (Å²) in [5.74, 6) is -0.478. The first-order chi connectivity index (χ1) is 11.2. The van der Waals surface area contributed by atoms with E-state index in [4.69, 9.17) is 0 Å². The molecule has 0 radical (unpaired) electrons. The van der Waals surface area contributed by atoms with E-state index in [1.807, 2.05) is 35.9 Å². The standard InChI is InChI=1S/C18H18FN3O/c1-2-22-17-9-4-3-8-15(17)16(21-22)12-20-18(23)11-13-6-5-7-14(19)10-13/h3-10H,2,11-12H2,1H3,(H,20,23). The van der Waals surface area contributed by atoms with Gasteiger partial charge in [-0.1, -0.05) is 30.3 Å². The van der Waals surface area contributed by atoms with Gasteiger partial charge in [0.05, 0.1) is 24.2 Å². The summed E-state index contributed by atoms with van der Waals surface area (Å²) in [5, 5.41) is 8.44. The van der Waals surface area contributed by atoms with Gasteiger partial charge in [-0.2, -0.15) is 5.10 Å². The van der Waals surface area contributed by atoms with Crippen molar-refractivity contribution in [1.29, 1.82) is 0 Å². The SMILES string of the molecule is CCn1nc(CNC(=O)Cc2cccc(F)c2)c2ccccc21. The van der Waals surface area contributed by atoms with Crippen molar-refractivity contribution in [3.63, 3.8) is 0 Å². The van der Waals surface area contributed by atoms with E-state index in [0.29, 0.717) is 12.1 Å².